The maximum Gasteiger partial charge on any atom is 0.343 e. The first kappa shape index (κ1) is 21.2. The van der Waals surface area contributed by atoms with Crippen LogP contribution >= 0.6 is 0 Å². The van der Waals surface area contributed by atoms with Crippen LogP contribution in [0.3, 0.4) is 0 Å². The Bertz CT molecular complexity index is 984. The Morgan fingerprint density at radius 3 is 2.52 bits per heavy atom. The van der Waals surface area contributed by atoms with Crippen LogP contribution in [0, 0.1) is 11.6 Å². The number of likely N-dealkylation sites (N-methyl/N-ethyl adjacent to an activating group) is 1. The molecule has 1 saturated heterocycles. The summed E-state index contributed by atoms with van der Waals surface area (Å²) >= 11 is 0. The summed E-state index contributed by atoms with van der Waals surface area (Å²) in [5, 5.41) is 9.35. The van der Waals surface area contributed by atoms with Gasteiger partial charge in [0.25, 0.3) is 0 Å². The Hall–Kier alpha value is -2.52. The van der Waals surface area contributed by atoms with Crippen LogP contribution in [0.15, 0.2) is 17.1 Å². The number of carbonyl (C=O) groups is 1. The summed E-state index contributed by atoms with van der Waals surface area (Å²) in [4.78, 5) is 28.7. The van der Waals surface area contributed by atoms with Gasteiger partial charge in [0.1, 0.15) is 17.1 Å². The number of ether oxygens (including phenoxy) is 1. The van der Waals surface area contributed by atoms with E-state index < -0.39 is 29.1 Å². The Morgan fingerprint density at radius 1 is 1.28 bits per heavy atom. The Balaban J connectivity index is 2.28. The Kier molecular flexibility index (Phi) is 6.18. The van der Waals surface area contributed by atoms with E-state index in [0.717, 1.165) is 6.07 Å². The van der Waals surface area contributed by atoms with Gasteiger partial charge in [-0.3, -0.25) is 4.79 Å². The molecule has 0 unspecified atom stereocenters. The van der Waals surface area contributed by atoms with Crippen LogP contribution in [0.1, 0.15) is 30.2 Å². The molecule has 1 aromatic carbocycles. The predicted octanol–water partition coefficient (Wildman–Crippen LogP) is 1.76. The average Bonchev–Trinajstić information content (AvgIpc) is 2.69. The van der Waals surface area contributed by atoms with Crippen molar-refractivity contribution in [3.8, 4) is 0 Å². The van der Waals surface area contributed by atoms with Gasteiger partial charge in [0.2, 0.25) is 5.43 Å². The zero-order valence-corrected chi connectivity index (χ0v) is 16.7. The van der Waals surface area contributed by atoms with E-state index in [1.807, 2.05) is 7.05 Å². The van der Waals surface area contributed by atoms with Crippen molar-refractivity contribution in [1.29, 1.82) is 0 Å². The van der Waals surface area contributed by atoms with E-state index >= 15 is 4.39 Å². The standard InChI is InChI=1S/C20H25F2N3O4/c1-4-29-20(28)14-10-25(12(2)11-26)17-13(19(14)27)9-15(21)18(16(17)22)24-7-5-23(3)6-8-24/h9-10,12,26H,4-8,11H2,1-3H3/t12-/m0/s1. The van der Waals surface area contributed by atoms with Crippen molar-refractivity contribution >= 4 is 22.6 Å². The highest BCUT2D eigenvalue weighted by Crippen LogP contribution is 2.32. The van der Waals surface area contributed by atoms with Crippen LogP contribution in [0.5, 0.6) is 0 Å². The molecule has 1 aliphatic heterocycles. The van der Waals surface area contributed by atoms with Gasteiger partial charge in [0, 0.05) is 32.4 Å². The summed E-state index contributed by atoms with van der Waals surface area (Å²) < 4.78 is 36.7. The van der Waals surface area contributed by atoms with Crippen molar-refractivity contribution in [1.82, 2.24) is 9.47 Å². The first-order valence-electron chi connectivity index (χ1n) is 9.58. The van der Waals surface area contributed by atoms with Gasteiger partial charge in [-0.05, 0) is 27.0 Å². The maximum atomic E-state index is 15.6. The highest BCUT2D eigenvalue weighted by molar-refractivity contribution is 5.95. The summed E-state index contributed by atoms with van der Waals surface area (Å²) in [5.41, 5.74) is -1.47. The summed E-state index contributed by atoms with van der Waals surface area (Å²) in [5.74, 6) is -2.61. The number of nitrogens with zero attached hydrogens (tertiary/aromatic N) is 3. The second kappa shape index (κ2) is 8.46. The molecular formula is C20H25F2N3O4. The minimum Gasteiger partial charge on any atom is -0.462 e. The molecule has 1 aliphatic rings. The number of aromatic nitrogens is 1. The molecule has 0 radical (unpaired) electrons. The monoisotopic (exact) mass is 409 g/mol. The quantitative estimate of drug-likeness (QED) is 0.759. The third-order valence-corrected chi connectivity index (χ3v) is 5.24. The molecule has 2 aromatic rings. The fourth-order valence-corrected chi connectivity index (χ4v) is 3.54. The molecule has 0 amide bonds. The van der Waals surface area contributed by atoms with Crippen LogP contribution in [0.25, 0.3) is 10.9 Å². The minimum absolute atomic E-state index is 0.0525. The van der Waals surface area contributed by atoms with E-state index in [4.69, 9.17) is 4.74 Å². The molecule has 3 rings (SSSR count). The summed E-state index contributed by atoms with van der Waals surface area (Å²) in [7, 11) is 1.93. The van der Waals surface area contributed by atoms with Gasteiger partial charge in [-0.25, -0.2) is 13.6 Å². The largest absolute Gasteiger partial charge is 0.462 e. The highest BCUT2D eigenvalue weighted by atomic mass is 19.1. The molecule has 0 saturated carbocycles. The minimum atomic E-state index is -0.877. The van der Waals surface area contributed by atoms with Gasteiger partial charge in [0.05, 0.1) is 30.2 Å². The molecule has 0 spiro atoms. The van der Waals surface area contributed by atoms with E-state index in [9.17, 15) is 19.1 Å². The second-order valence-corrected chi connectivity index (χ2v) is 7.24. The van der Waals surface area contributed by atoms with E-state index in [2.05, 4.69) is 4.90 Å². The molecule has 1 atom stereocenters. The second-order valence-electron chi connectivity index (χ2n) is 7.24. The summed E-state index contributed by atoms with van der Waals surface area (Å²) in [6.45, 7) is 5.08. The zero-order chi connectivity index (χ0) is 21.3. The smallest absolute Gasteiger partial charge is 0.343 e. The number of aliphatic hydroxyl groups is 1. The van der Waals surface area contributed by atoms with E-state index in [-0.39, 0.29) is 35.4 Å². The third kappa shape index (κ3) is 3.84. The van der Waals surface area contributed by atoms with E-state index in [1.54, 1.807) is 18.7 Å². The maximum absolute atomic E-state index is 15.6. The Morgan fingerprint density at radius 2 is 1.93 bits per heavy atom. The normalized spacial score (nSPS) is 16.3. The first-order valence-corrected chi connectivity index (χ1v) is 9.58. The van der Waals surface area contributed by atoms with Crippen molar-refractivity contribution in [2.24, 2.45) is 0 Å². The number of benzene rings is 1. The van der Waals surface area contributed by atoms with Crippen LogP contribution in [-0.4, -0.2) is 67.0 Å². The number of halogens is 2. The van der Waals surface area contributed by atoms with Crippen molar-refractivity contribution in [2.45, 2.75) is 19.9 Å². The lowest BCUT2D eigenvalue weighted by Crippen LogP contribution is -2.45. The van der Waals surface area contributed by atoms with Crippen molar-refractivity contribution in [2.75, 3.05) is 51.3 Å². The van der Waals surface area contributed by atoms with Crippen LogP contribution < -0.4 is 10.3 Å². The van der Waals surface area contributed by atoms with Crippen LogP contribution in [0.4, 0.5) is 14.5 Å². The van der Waals surface area contributed by atoms with E-state index in [1.165, 1.54) is 10.8 Å². The fourth-order valence-electron chi connectivity index (χ4n) is 3.54. The number of esters is 1. The predicted molar refractivity (Wildman–Crippen MR) is 106 cm³/mol. The SMILES string of the molecule is CCOC(=O)c1cn([C@@H](C)CO)c2c(F)c(N3CCN(C)CC3)c(F)cc2c1=O. The topological polar surface area (TPSA) is 75.0 Å². The van der Waals surface area contributed by atoms with Gasteiger partial charge < -0.3 is 24.2 Å². The average molecular weight is 409 g/mol. The molecule has 158 valence electrons. The van der Waals surface area contributed by atoms with Crippen molar-refractivity contribution in [3.63, 3.8) is 0 Å². The molecule has 9 heteroatoms. The number of anilines is 1. The van der Waals surface area contributed by atoms with Crippen molar-refractivity contribution in [3.05, 3.63) is 39.7 Å². The Labute approximate surface area is 167 Å². The number of hydrogen-bond acceptors (Lipinski definition) is 6. The van der Waals surface area contributed by atoms with Crippen LogP contribution in [0.2, 0.25) is 0 Å². The summed E-state index contributed by atoms with van der Waals surface area (Å²) in [6.07, 6.45) is 1.18. The first-order chi connectivity index (χ1) is 13.8. The van der Waals surface area contributed by atoms with Crippen molar-refractivity contribution < 1.29 is 23.4 Å². The molecule has 0 bridgehead atoms. The van der Waals surface area contributed by atoms with Gasteiger partial charge in [-0.1, -0.05) is 0 Å². The number of fused-ring (bicyclic) bond motifs is 1. The molecule has 7 nitrogen and oxygen atoms in total. The van der Waals surface area contributed by atoms with Gasteiger partial charge in [-0.2, -0.15) is 0 Å². The fraction of sp³-hybridized carbons (Fsp3) is 0.500. The van der Waals surface area contributed by atoms with Crippen LogP contribution in [-0.2, 0) is 4.74 Å². The number of hydrogen-bond donors (Lipinski definition) is 1. The number of carbonyl (C=O) groups excluding carboxylic acids is 1. The van der Waals surface area contributed by atoms with E-state index in [0.29, 0.717) is 26.2 Å². The lowest BCUT2D eigenvalue weighted by atomic mass is 10.1. The molecule has 29 heavy (non-hydrogen) atoms. The highest BCUT2D eigenvalue weighted by Gasteiger charge is 2.27. The molecule has 1 fully saturated rings. The number of aliphatic hydroxyl groups excluding tert-OH is 1. The molecular weight excluding hydrogens is 384 g/mol. The number of piperazine rings is 1. The lowest BCUT2D eigenvalue weighted by Gasteiger charge is -2.34. The zero-order valence-electron chi connectivity index (χ0n) is 16.7. The van der Waals surface area contributed by atoms with Gasteiger partial charge in [0.15, 0.2) is 5.82 Å². The third-order valence-electron chi connectivity index (χ3n) is 5.24. The summed E-state index contributed by atoms with van der Waals surface area (Å²) in [6, 6.07) is 0.323. The van der Waals surface area contributed by atoms with Gasteiger partial charge >= 0.3 is 5.97 Å². The number of pyridine rings is 1. The lowest BCUT2D eigenvalue weighted by molar-refractivity contribution is 0.0523. The molecule has 1 aromatic heterocycles. The van der Waals surface area contributed by atoms with Gasteiger partial charge in [-0.15, -0.1) is 0 Å². The number of rotatable bonds is 5. The molecule has 2 heterocycles. The molecule has 0 aliphatic carbocycles. The molecule has 1 N–H and O–H groups in total.